The normalized spacial score (nSPS) is 12.6. The molecule has 0 saturated heterocycles. The van der Waals surface area contributed by atoms with Crippen molar-refractivity contribution in [3.05, 3.63) is 28.8 Å². The Labute approximate surface area is 114 Å². The van der Waals surface area contributed by atoms with E-state index in [1.165, 1.54) is 0 Å². The maximum atomic E-state index is 11.8. The summed E-state index contributed by atoms with van der Waals surface area (Å²) in [5.41, 5.74) is 1.77. The highest BCUT2D eigenvalue weighted by Crippen LogP contribution is 2.19. The van der Waals surface area contributed by atoms with Gasteiger partial charge in [-0.05, 0) is 37.5 Å². The molecule has 0 spiro atoms. The lowest BCUT2D eigenvalue weighted by atomic mass is 10.1. The zero-order valence-corrected chi connectivity index (χ0v) is 12.1. The number of benzene rings is 1. The van der Waals surface area contributed by atoms with E-state index in [2.05, 4.69) is 31.4 Å². The lowest BCUT2D eigenvalue weighted by Crippen LogP contribution is -2.37. The van der Waals surface area contributed by atoms with Gasteiger partial charge in [0.05, 0.1) is 6.54 Å². The number of rotatable bonds is 5. The molecular formula is C14H21ClN2O. The second-order valence-corrected chi connectivity index (χ2v) is 5.36. The van der Waals surface area contributed by atoms with Gasteiger partial charge in [-0.1, -0.05) is 31.5 Å². The summed E-state index contributed by atoms with van der Waals surface area (Å²) in [6, 6.07) is 5.78. The van der Waals surface area contributed by atoms with Crippen molar-refractivity contribution in [2.24, 2.45) is 5.92 Å². The molecule has 0 radical (unpaired) electrons. The van der Waals surface area contributed by atoms with Crippen LogP contribution in [0.3, 0.4) is 0 Å². The number of carbonyl (C=O) groups excluding carboxylic acids is 1. The predicted molar refractivity (Wildman–Crippen MR) is 77.1 cm³/mol. The summed E-state index contributed by atoms with van der Waals surface area (Å²) in [5.74, 6) is 0.457. The molecule has 1 aromatic carbocycles. The second-order valence-electron chi connectivity index (χ2n) is 4.92. The molecule has 1 rings (SSSR count). The fourth-order valence-corrected chi connectivity index (χ4v) is 1.58. The van der Waals surface area contributed by atoms with Crippen LogP contribution in [0.15, 0.2) is 18.2 Å². The highest BCUT2D eigenvalue weighted by molar-refractivity contribution is 6.31. The third-order valence-corrected chi connectivity index (χ3v) is 3.29. The van der Waals surface area contributed by atoms with Gasteiger partial charge in [0.2, 0.25) is 5.91 Å². The van der Waals surface area contributed by atoms with Crippen LogP contribution in [0, 0.1) is 12.8 Å². The van der Waals surface area contributed by atoms with E-state index in [1.54, 1.807) is 6.07 Å². The van der Waals surface area contributed by atoms with Crippen molar-refractivity contribution in [3.63, 3.8) is 0 Å². The highest BCUT2D eigenvalue weighted by atomic mass is 35.5. The van der Waals surface area contributed by atoms with Gasteiger partial charge in [0.1, 0.15) is 0 Å². The second kappa shape index (κ2) is 6.76. The van der Waals surface area contributed by atoms with Gasteiger partial charge >= 0.3 is 0 Å². The molecule has 2 N–H and O–H groups in total. The van der Waals surface area contributed by atoms with E-state index in [-0.39, 0.29) is 5.91 Å². The number of hydrogen-bond donors (Lipinski definition) is 2. The largest absolute Gasteiger partial charge is 0.325 e. The summed E-state index contributed by atoms with van der Waals surface area (Å²) < 4.78 is 0. The molecule has 1 unspecified atom stereocenters. The van der Waals surface area contributed by atoms with Crippen LogP contribution in [0.25, 0.3) is 0 Å². The Hall–Kier alpha value is -1.06. The van der Waals surface area contributed by atoms with Crippen molar-refractivity contribution in [3.8, 4) is 0 Å². The Balaban J connectivity index is 2.52. The topological polar surface area (TPSA) is 41.1 Å². The van der Waals surface area contributed by atoms with Crippen molar-refractivity contribution in [2.75, 3.05) is 11.9 Å². The molecule has 0 aliphatic heterocycles. The Bertz CT molecular complexity index is 418. The number of halogens is 1. The van der Waals surface area contributed by atoms with Crippen LogP contribution < -0.4 is 10.6 Å². The number of hydrogen-bond acceptors (Lipinski definition) is 2. The molecule has 0 aliphatic rings. The van der Waals surface area contributed by atoms with E-state index in [1.807, 2.05) is 19.1 Å². The summed E-state index contributed by atoms with van der Waals surface area (Å²) in [5, 5.41) is 6.68. The van der Waals surface area contributed by atoms with Crippen molar-refractivity contribution in [2.45, 2.75) is 33.7 Å². The van der Waals surface area contributed by atoms with E-state index in [0.29, 0.717) is 23.5 Å². The molecule has 0 aliphatic carbocycles. The van der Waals surface area contributed by atoms with E-state index < -0.39 is 0 Å². The molecule has 18 heavy (non-hydrogen) atoms. The lowest BCUT2D eigenvalue weighted by molar-refractivity contribution is -0.115. The number of nitrogens with one attached hydrogen (secondary N) is 2. The summed E-state index contributed by atoms with van der Waals surface area (Å²) in [4.78, 5) is 11.8. The number of amides is 1. The van der Waals surface area contributed by atoms with Gasteiger partial charge in [-0.2, -0.15) is 0 Å². The van der Waals surface area contributed by atoms with Gasteiger partial charge < -0.3 is 10.6 Å². The SMILES string of the molecule is Cc1ccc(Cl)cc1NC(=O)CNC(C)C(C)C. The quantitative estimate of drug-likeness (QED) is 0.861. The van der Waals surface area contributed by atoms with E-state index in [9.17, 15) is 4.79 Å². The maximum Gasteiger partial charge on any atom is 0.238 e. The van der Waals surface area contributed by atoms with Gasteiger partial charge in [0.25, 0.3) is 0 Å². The standard InChI is InChI=1S/C14H21ClN2O/c1-9(2)11(4)16-8-14(18)17-13-7-12(15)6-5-10(13)3/h5-7,9,11,16H,8H2,1-4H3,(H,17,18). The number of aryl methyl sites for hydroxylation is 1. The van der Waals surface area contributed by atoms with Crippen LogP contribution in [0.1, 0.15) is 26.3 Å². The van der Waals surface area contributed by atoms with Crippen LogP contribution >= 0.6 is 11.6 Å². The highest BCUT2D eigenvalue weighted by Gasteiger charge is 2.09. The average molecular weight is 269 g/mol. The molecule has 0 fully saturated rings. The molecule has 0 heterocycles. The fraction of sp³-hybridized carbons (Fsp3) is 0.500. The average Bonchev–Trinajstić information content (AvgIpc) is 2.30. The summed E-state index contributed by atoms with van der Waals surface area (Å²) >= 11 is 5.90. The molecule has 0 bridgehead atoms. The Kier molecular flexibility index (Phi) is 5.63. The summed E-state index contributed by atoms with van der Waals surface area (Å²) in [7, 11) is 0. The Morgan fingerprint density at radius 1 is 1.33 bits per heavy atom. The smallest absolute Gasteiger partial charge is 0.238 e. The minimum atomic E-state index is -0.0483. The molecule has 0 aromatic heterocycles. The van der Waals surface area contributed by atoms with E-state index in [0.717, 1.165) is 11.3 Å². The first-order chi connectivity index (χ1) is 8.40. The van der Waals surface area contributed by atoms with Crippen LogP contribution in [-0.2, 0) is 4.79 Å². The van der Waals surface area contributed by atoms with E-state index >= 15 is 0 Å². The third-order valence-electron chi connectivity index (χ3n) is 3.06. The van der Waals surface area contributed by atoms with Crippen molar-refractivity contribution in [1.29, 1.82) is 0 Å². The van der Waals surface area contributed by atoms with Crippen LogP contribution in [0.4, 0.5) is 5.69 Å². The predicted octanol–water partition coefficient (Wildman–Crippen LogP) is 3.22. The molecular weight excluding hydrogens is 248 g/mol. The van der Waals surface area contributed by atoms with Gasteiger partial charge in [0.15, 0.2) is 0 Å². The minimum Gasteiger partial charge on any atom is -0.325 e. The molecule has 1 atom stereocenters. The van der Waals surface area contributed by atoms with E-state index in [4.69, 9.17) is 11.6 Å². The van der Waals surface area contributed by atoms with Crippen molar-refractivity contribution >= 4 is 23.2 Å². The van der Waals surface area contributed by atoms with Crippen molar-refractivity contribution < 1.29 is 4.79 Å². The van der Waals surface area contributed by atoms with Crippen molar-refractivity contribution in [1.82, 2.24) is 5.32 Å². The van der Waals surface area contributed by atoms with Gasteiger partial charge in [-0.25, -0.2) is 0 Å². The Morgan fingerprint density at radius 3 is 2.61 bits per heavy atom. The van der Waals surface area contributed by atoms with Crippen LogP contribution in [0.2, 0.25) is 5.02 Å². The fourth-order valence-electron chi connectivity index (χ4n) is 1.41. The molecule has 4 heteroatoms. The minimum absolute atomic E-state index is 0.0483. The van der Waals surface area contributed by atoms with Crippen LogP contribution in [0.5, 0.6) is 0 Å². The van der Waals surface area contributed by atoms with Gasteiger partial charge in [-0.15, -0.1) is 0 Å². The molecule has 1 aromatic rings. The van der Waals surface area contributed by atoms with Crippen LogP contribution in [-0.4, -0.2) is 18.5 Å². The zero-order chi connectivity index (χ0) is 13.7. The molecule has 1 amide bonds. The molecule has 3 nitrogen and oxygen atoms in total. The zero-order valence-electron chi connectivity index (χ0n) is 11.4. The summed E-state index contributed by atoms with van der Waals surface area (Å²) in [6.45, 7) is 8.57. The lowest BCUT2D eigenvalue weighted by Gasteiger charge is -2.17. The molecule has 100 valence electrons. The molecule has 0 saturated carbocycles. The third kappa shape index (κ3) is 4.67. The number of anilines is 1. The number of carbonyl (C=O) groups is 1. The monoisotopic (exact) mass is 268 g/mol. The first-order valence-corrected chi connectivity index (χ1v) is 6.57. The van der Waals surface area contributed by atoms with Gasteiger partial charge in [0, 0.05) is 16.8 Å². The Morgan fingerprint density at radius 2 is 2.00 bits per heavy atom. The first-order valence-electron chi connectivity index (χ1n) is 6.19. The maximum absolute atomic E-state index is 11.8. The first kappa shape index (κ1) is 15.0. The summed E-state index contributed by atoms with van der Waals surface area (Å²) in [6.07, 6.45) is 0. The van der Waals surface area contributed by atoms with Gasteiger partial charge in [-0.3, -0.25) is 4.79 Å².